The van der Waals surface area contributed by atoms with Gasteiger partial charge in [0.25, 0.3) is 0 Å². The lowest BCUT2D eigenvalue weighted by Crippen LogP contribution is -2.07. The predicted octanol–water partition coefficient (Wildman–Crippen LogP) is 3.96. The van der Waals surface area contributed by atoms with Gasteiger partial charge in [-0.25, -0.2) is 22.2 Å². The molecule has 9 heteroatoms. The average Bonchev–Trinajstić information content (AvgIpc) is 2.93. The SMILES string of the molecule is CCS(=O)(=O)c1cnc2cc(Oc3ccc(F)cc3F)c(Br)cn12. The predicted molar refractivity (Wildman–Crippen MR) is 87.1 cm³/mol. The summed E-state index contributed by atoms with van der Waals surface area (Å²) in [6.07, 6.45) is 2.73. The van der Waals surface area contributed by atoms with Crippen LogP contribution in [0.15, 0.2) is 46.2 Å². The number of ether oxygens (including phenoxy) is 1. The molecule has 0 atom stereocenters. The summed E-state index contributed by atoms with van der Waals surface area (Å²) < 4.78 is 58.0. The standard InChI is InChI=1S/C15H11BrF2N2O3S/c1-2-24(21,22)15-7-19-14-6-13(10(16)8-20(14)15)23-12-4-3-9(17)5-11(12)18/h3-8H,2H2,1H3. The van der Waals surface area contributed by atoms with Gasteiger partial charge in [-0.15, -0.1) is 0 Å². The van der Waals surface area contributed by atoms with E-state index >= 15 is 0 Å². The monoisotopic (exact) mass is 416 g/mol. The van der Waals surface area contributed by atoms with Gasteiger partial charge in [-0.2, -0.15) is 0 Å². The molecule has 0 spiro atoms. The van der Waals surface area contributed by atoms with Gasteiger partial charge in [0.05, 0.1) is 16.4 Å². The lowest BCUT2D eigenvalue weighted by Gasteiger charge is -2.10. The topological polar surface area (TPSA) is 60.7 Å². The maximum atomic E-state index is 13.7. The van der Waals surface area contributed by atoms with Crippen molar-refractivity contribution in [3.8, 4) is 11.5 Å². The average molecular weight is 417 g/mol. The van der Waals surface area contributed by atoms with Gasteiger partial charge in [0.1, 0.15) is 17.2 Å². The number of pyridine rings is 1. The van der Waals surface area contributed by atoms with Crippen LogP contribution in [-0.2, 0) is 9.84 Å². The number of halogens is 3. The van der Waals surface area contributed by atoms with Crippen LogP contribution >= 0.6 is 15.9 Å². The first-order chi connectivity index (χ1) is 11.3. The second-order valence-electron chi connectivity index (χ2n) is 4.89. The summed E-state index contributed by atoms with van der Waals surface area (Å²) in [7, 11) is -3.44. The molecule has 0 amide bonds. The smallest absolute Gasteiger partial charge is 0.195 e. The van der Waals surface area contributed by atoms with E-state index in [4.69, 9.17) is 4.74 Å². The Bertz CT molecular complexity index is 1030. The van der Waals surface area contributed by atoms with E-state index in [2.05, 4.69) is 20.9 Å². The summed E-state index contributed by atoms with van der Waals surface area (Å²) >= 11 is 3.26. The molecule has 0 aliphatic carbocycles. The molecule has 3 aromatic rings. The van der Waals surface area contributed by atoms with Crippen molar-refractivity contribution in [2.75, 3.05) is 5.75 Å². The van der Waals surface area contributed by atoms with Gasteiger partial charge >= 0.3 is 0 Å². The molecule has 0 fully saturated rings. The molecule has 126 valence electrons. The normalized spacial score (nSPS) is 11.8. The molecule has 0 bridgehead atoms. The molecule has 2 heterocycles. The van der Waals surface area contributed by atoms with Gasteiger partial charge in [-0.1, -0.05) is 6.92 Å². The zero-order valence-corrected chi connectivity index (χ0v) is 14.7. The third-order valence-corrected chi connectivity index (χ3v) is 5.64. The van der Waals surface area contributed by atoms with E-state index in [0.29, 0.717) is 16.2 Å². The Labute approximate surface area is 144 Å². The second kappa shape index (κ2) is 6.14. The number of aromatic nitrogens is 2. The van der Waals surface area contributed by atoms with Crippen LogP contribution in [0, 0.1) is 11.6 Å². The van der Waals surface area contributed by atoms with Gasteiger partial charge in [0.15, 0.2) is 26.4 Å². The van der Waals surface area contributed by atoms with E-state index in [1.54, 1.807) is 6.92 Å². The summed E-state index contributed by atoms with van der Waals surface area (Å²) in [6, 6.07) is 4.41. The Morgan fingerprint density at radius 1 is 1.25 bits per heavy atom. The van der Waals surface area contributed by atoms with Crippen LogP contribution in [0.3, 0.4) is 0 Å². The highest BCUT2D eigenvalue weighted by Crippen LogP contribution is 2.33. The third kappa shape index (κ3) is 3.01. The molecule has 1 aromatic carbocycles. The van der Waals surface area contributed by atoms with Crippen molar-refractivity contribution in [1.82, 2.24) is 9.38 Å². The molecule has 0 aliphatic rings. The van der Waals surface area contributed by atoms with Gasteiger partial charge < -0.3 is 4.74 Å². The maximum Gasteiger partial charge on any atom is 0.195 e. The minimum absolute atomic E-state index is 0.0558. The Balaban J connectivity index is 2.06. The summed E-state index contributed by atoms with van der Waals surface area (Å²) in [6.45, 7) is 1.54. The fraction of sp³-hybridized carbons (Fsp3) is 0.133. The first-order valence-corrected chi connectivity index (χ1v) is 9.28. The molecule has 0 saturated carbocycles. The molecule has 0 aliphatic heterocycles. The number of hydrogen-bond donors (Lipinski definition) is 0. The quantitative estimate of drug-likeness (QED) is 0.645. The molecule has 24 heavy (non-hydrogen) atoms. The zero-order valence-electron chi connectivity index (χ0n) is 12.3. The van der Waals surface area contributed by atoms with Gasteiger partial charge in [0.2, 0.25) is 0 Å². The highest BCUT2D eigenvalue weighted by atomic mass is 79.9. The molecule has 2 aromatic heterocycles. The molecule has 0 saturated heterocycles. The number of fused-ring (bicyclic) bond motifs is 1. The highest BCUT2D eigenvalue weighted by Gasteiger charge is 2.19. The number of benzene rings is 1. The van der Waals surface area contributed by atoms with E-state index in [1.807, 2.05) is 0 Å². The van der Waals surface area contributed by atoms with Crippen LogP contribution < -0.4 is 4.74 Å². The summed E-state index contributed by atoms with van der Waals surface area (Å²) in [5.74, 6) is -1.55. The first kappa shape index (κ1) is 16.8. The van der Waals surface area contributed by atoms with Crippen LogP contribution in [0.4, 0.5) is 8.78 Å². The summed E-state index contributed by atoms with van der Waals surface area (Å²) in [5.41, 5.74) is 0.322. The van der Waals surface area contributed by atoms with Crippen molar-refractivity contribution in [2.24, 2.45) is 0 Å². The number of hydrogen-bond acceptors (Lipinski definition) is 4. The van der Waals surface area contributed by atoms with Gasteiger partial charge in [0, 0.05) is 18.3 Å². The van der Waals surface area contributed by atoms with Crippen molar-refractivity contribution in [3.63, 3.8) is 0 Å². The Morgan fingerprint density at radius 2 is 2.00 bits per heavy atom. The molecule has 0 N–H and O–H groups in total. The van der Waals surface area contributed by atoms with Crippen molar-refractivity contribution in [2.45, 2.75) is 11.9 Å². The minimum atomic E-state index is -3.44. The first-order valence-electron chi connectivity index (χ1n) is 6.84. The fourth-order valence-electron chi connectivity index (χ4n) is 2.09. The second-order valence-corrected chi connectivity index (χ2v) is 7.97. The van der Waals surface area contributed by atoms with E-state index in [1.165, 1.54) is 28.9 Å². The third-order valence-electron chi connectivity index (χ3n) is 3.34. The van der Waals surface area contributed by atoms with Crippen LogP contribution in [0.1, 0.15) is 6.92 Å². The van der Waals surface area contributed by atoms with E-state index < -0.39 is 21.5 Å². The number of rotatable bonds is 4. The van der Waals surface area contributed by atoms with E-state index in [9.17, 15) is 17.2 Å². The largest absolute Gasteiger partial charge is 0.453 e. The lowest BCUT2D eigenvalue weighted by molar-refractivity contribution is 0.435. The lowest BCUT2D eigenvalue weighted by atomic mass is 10.3. The maximum absolute atomic E-state index is 13.7. The van der Waals surface area contributed by atoms with Crippen molar-refractivity contribution in [3.05, 3.63) is 52.8 Å². The molecular weight excluding hydrogens is 406 g/mol. The zero-order chi connectivity index (χ0) is 17.5. The number of nitrogens with zero attached hydrogens (tertiary/aromatic N) is 2. The summed E-state index contributed by atoms with van der Waals surface area (Å²) in [5, 5.41) is 0.0558. The van der Waals surface area contributed by atoms with Crippen LogP contribution in [0.5, 0.6) is 11.5 Å². The molecular formula is C15H11BrF2N2O3S. The minimum Gasteiger partial charge on any atom is -0.453 e. The Morgan fingerprint density at radius 3 is 2.67 bits per heavy atom. The van der Waals surface area contributed by atoms with Crippen molar-refractivity contribution in [1.29, 1.82) is 0 Å². The number of imidazole rings is 1. The van der Waals surface area contributed by atoms with Crippen molar-refractivity contribution >= 4 is 31.4 Å². The Hall–Kier alpha value is -2.00. The van der Waals surface area contributed by atoms with Crippen LogP contribution in [0.2, 0.25) is 0 Å². The van der Waals surface area contributed by atoms with Crippen LogP contribution in [-0.4, -0.2) is 23.6 Å². The van der Waals surface area contributed by atoms with Crippen molar-refractivity contribution < 1.29 is 21.9 Å². The molecule has 0 radical (unpaired) electrons. The molecule has 5 nitrogen and oxygen atoms in total. The summed E-state index contributed by atoms with van der Waals surface area (Å²) in [4.78, 5) is 4.04. The fourth-order valence-corrected chi connectivity index (χ4v) is 3.45. The Kier molecular flexibility index (Phi) is 4.31. The number of sulfone groups is 1. The van der Waals surface area contributed by atoms with Crippen LogP contribution in [0.25, 0.3) is 5.65 Å². The molecule has 0 unspecified atom stereocenters. The highest BCUT2D eigenvalue weighted by molar-refractivity contribution is 9.10. The van der Waals surface area contributed by atoms with E-state index in [-0.39, 0.29) is 22.3 Å². The van der Waals surface area contributed by atoms with E-state index in [0.717, 1.165) is 6.07 Å². The van der Waals surface area contributed by atoms with Gasteiger partial charge in [-0.05, 0) is 28.1 Å². The van der Waals surface area contributed by atoms with Gasteiger partial charge in [-0.3, -0.25) is 4.40 Å². The molecule has 3 rings (SSSR count).